The smallest absolute Gasteiger partial charge is 0.310 e. The minimum Gasteiger partial charge on any atom is -0.493 e. The van der Waals surface area contributed by atoms with Crippen molar-refractivity contribution in [1.82, 2.24) is 9.55 Å². The summed E-state index contributed by atoms with van der Waals surface area (Å²) in [5.74, 6) is -5.16. The summed E-state index contributed by atoms with van der Waals surface area (Å²) in [7, 11) is 2.82. The van der Waals surface area contributed by atoms with Gasteiger partial charge in [-0.25, -0.2) is 13.2 Å². The molecule has 1 heterocycles. The highest BCUT2D eigenvalue weighted by Gasteiger charge is 2.16. The van der Waals surface area contributed by atoms with Crippen molar-refractivity contribution in [2.75, 3.05) is 19.5 Å². The number of aromatic nitrogens is 2. The number of halogens is 5. The lowest BCUT2D eigenvalue weighted by molar-refractivity contribution is 0.355. The lowest BCUT2D eigenvalue weighted by atomic mass is 10.2. The summed E-state index contributed by atoms with van der Waals surface area (Å²) in [6.45, 7) is -0.328. The van der Waals surface area contributed by atoms with Gasteiger partial charge in [0.2, 0.25) is 11.8 Å². The van der Waals surface area contributed by atoms with Gasteiger partial charge in [0, 0.05) is 18.3 Å². The van der Waals surface area contributed by atoms with Crippen LogP contribution in [0.5, 0.6) is 11.5 Å². The molecule has 3 rings (SSSR count). The van der Waals surface area contributed by atoms with Crippen LogP contribution in [0.3, 0.4) is 0 Å². The third kappa shape index (κ3) is 4.33. The van der Waals surface area contributed by atoms with Gasteiger partial charge in [0.05, 0.1) is 31.5 Å². The highest BCUT2D eigenvalue weighted by atomic mass is 35.5. The van der Waals surface area contributed by atoms with Gasteiger partial charge < -0.3 is 19.4 Å². The summed E-state index contributed by atoms with van der Waals surface area (Å²) in [4.78, 5) is 15.3. The minimum atomic E-state index is -1.63. The van der Waals surface area contributed by atoms with Crippen LogP contribution in [0.25, 0.3) is 0 Å². The molecule has 2 aromatic carbocycles. The zero-order valence-electron chi connectivity index (χ0n) is 15.6. The fraction of sp³-hybridized carbons (Fsp3) is 0.158. The molecule has 0 atom stereocenters. The number of nitrogens with zero attached hydrogens (tertiary/aromatic N) is 2. The number of nitrogens with one attached hydrogen (secondary N) is 1. The van der Waals surface area contributed by atoms with E-state index in [0.29, 0.717) is 11.5 Å². The first-order chi connectivity index (χ1) is 14.2. The SMILES string of the molecule is COc1cc(Cl)c(Nc2nc(=O)c(F)cn2Cc2cc(F)c(F)c(F)c2)cc1OC. The van der Waals surface area contributed by atoms with Crippen LogP contribution in [0.1, 0.15) is 5.56 Å². The number of rotatable bonds is 6. The van der Waals surface area contributed by atoms with E-state index in [0.717, 1.165) is 22.9 Å². The molecule has 158 valence electrons. The third-order valence-corrected chi connectivity index (χ3v) is 4.38. The number of anilines is 2. The number of methoxy groups -OCH3 is 2. The number of ether oxygens (including phenoxy) is 2. The van der Waals surface area contributed by atoms with Crippen LogP contribution in [0, 0.1) is 23.3 Å². The fourth-order valence-electron chi connectivity index (χ4n) is 2.65. The molecule has 0 aliphatic carbocycles. The average molecular weight is 444 g/mol. The maximum absolute atomic E-state index is 13.8. The van der Waals surface area contributed by atoms with Gasteiger partial charge in [-0.05, 0) is 17.7 Å². The largest absolute Gasteiger partial charge is 0.493 e. The van der Waals surface area contributed by atoms with Crippen molar-refractivity contribution in [2.45, 2.75) is 6.54 Å². The molecule has 0 aliphatic rings. The van der Waals surface area contributed by atoms with E-state index in [1.165, 1.54) is 26.4 Å². The number of hydrogen-bond acceptors (Lipinski definition) is 5. The van der Waals surface area contributed by atoms with Crippen molar-refractivity contribution in [1.29, 1.82) is 0 Å². The Morgan fingerprint density at radius 1 is 1.00 bits per heavy atom. The summed E-state index contributed by atoms with van der Waals surface area (Å²) in [6.07, 6.45) is 0.797. The molecule has 6 nitrogen and oxygen atoms in total. The first-order valence-electron chi connectivity index (χ1n) is 8.32. The van der Waals surface area contributed by atoms with Crippen molar-refractivity contribution < 1.29 is 27.0 Å². The maximum Gasteiger partial charge on any atom is 0.310 e. The normalized spacial score (nSPS) is 10.8. The summed E-state index contributed by atoms with van der Waals surface area (Å²) in [5, 5.41) is 2.92. The molecule has 1 aromatic heterocycles. The predicted octanol–water partition coefficient (Wildman–Crippen LogP) is 4.26. The van der Waals surface area contributed by atoms with E-state index in [9.17, 15) is 22.4 Å². The van der Waals surface area contributed by atoms with Crippen molar-refractivity contribution >= 4 is 23.2 Å². The monoisotopic (exact) mass is 443 g/mol. The first kappa shape index (κ1) is 21.4. The van der Waals surface area contributed by atoms with Gasteiger partial charge in [0.25, 0.3) is 0 Å². The molecule has 0 unspecified atom stereocenters. The Hall–Kier alpha value is -3.27. The Morgan fingerprint density at radius 3 is 2.20 bits per heavy atom. The average Bonchev–Trinajstić information content (AvgIpc) is 2.70. The van der Waals surface area contributed by atoms with Crippen LogP contribution in [0.4, 0.5) is 29.2 Å². The van der Waals surface area contributed by atoms with Crippen molar-refractivity contribution in [2.24, 2.45) is 0 Å². The van der Waals surface area contributed by atoms with Crippen LogP contribution in [0.2, 0.25) is 5.02 Å². The summed E-state index contributed by atoms with van der Waals surface area (Å²) < 4.78 is 65.5. The second kappa shape index (κ2) is 8.62. The molecule has 0 spiro atoms. The Labute approximate surface area is 172 Å². The van der Waals surface area contributed by atoms with E-state index in [4.69, 9.17) is 21.1 Å². The molecule has 0 fully saturated rings. The van der Waals surface area contributed by atoms with Gasteiger partial charge >= 0.3 is 5.56 Å². The highest BCUT2D eigenvalue weighted by molar-refractivity contribution is 6.33. The van der Waals surface area contributed by atoms with Crippen molar-refractivity contribution in [3.05, 3.63) is 74.7 Å². The molecular formula is C19H14ClF4N3O3. The maximum atomic E-state index is 13.8. The molecule has 1 N–H and O–H groups in total. The Balaban J connectivity index is 2.04. The lowest BCUT2D eigenvalue weighted by Gasteiger charge is -2.16. The predicted molar refractivity (Wildman–Crippen MR) is 102 cm³/mol. The topological polar surface area (TPSA) is 65.4 Å². The van der Waals surface area contributed by atoms with Crippen LogP contribution in [-0.4, -0.2) is 23.8 Å². The van der Waals surface area contributed by atoms with E-state index >= 15 is 0 Å². The number of benzene rings is 2. The quantitative estimate of drug-likeness (QED) is 0.455. The highest BCUT2D eigenvalue weighted by Crippen LogP contribution is 2.37. The Kier molecular flexibility index (Phi) is 6.16. The molecule has 0 aliphatic heterocycles. The standard InChI is InChI=1S/C19H14ClF4N3O3/c1-29-15-5-10(20)14(6-16(15)30-2)25-19-26-18(28)13(23)8-27(19)7-9-3-11(21)17(24)12(22)4-9/h3-6,8H,7H2,1-2H3,(H,25,26,28). The van der Waals surface area contributed by atoms with Crippen molar-refractivity contribution in [3.63, 3.8) is 0 Å². The molecular weight excluding hydrogens is 430 g/mol. The van der Waals surface area contributed by atoms with Crippen molar-refractivity contribution in [3.8, 4) is 11.5 Å². The first-order valence-corrected chi connectivity index (χ1v) is 8.70. The summed E-state index contributed by atoms with van der Waals surface area (Å²) >= 11 is 6.20. The fourth-order valence-corrected chi connectivity index (χ4v) is 2.85. The zero-order chi connectivity index (χ0) is 22.0. The van der Waals surface area contributed by atoms with Crippen LogP contribution < -0.4 is 20.3 Å². The molecule has 11 heteroatoms. The second-order valence-electron chi connectivity index (χ2n) is 6.03. The molecule has 0 saturated heterocycles. The third-order valence-electron chi connectivity index (χ3n) is 4.07. The van der Waals surface area contributed by atoms with Crippen LogP contribution in [0.15, 0.2) is 35.3 Å². The lowest BCUT2D eigenvalue weighted by Crippen LogP contribution is -2.20. The van der Waals surface area contributed by atoms with Gasteiger partial charge in [-0.2, -0.15) is 9.37 Å². The van der Waals surface area contributed by atoms with E-state index in [1.807, 2.05) is 0 Å². The minimum absolute atomic E-state index is 0.0299. The van der Waals surface area contributed by atoms with Gasteiger partial charge in [0.15, 0.2) is 29.0 Å². The van der Waals surface area contributed by atoms with Gasteiger partial charge in [0.1, 0.15) is 0 Å². The van der Waals surface area contributed by atoms with Crippen LogP contribution >= 0.6 is 11.6 Å². The molecule has 0 bridgehead atoms. The summed E-state index contributed by atoms with van der Waals surface area (Å²) in [6, 6.07) is 4.40. The Bertz CT molecular complexity index is 1150. The second-order valence-corrected chi connectivity index (χ2v) is 6.44. The van der Waals surface area contributed by atoms with Gasteiger partial charge in [-0.15, -0.1) is 0 Å². The summed E-state index contributed by atoms with van der Waals surface area (Å²) in [5.41, 5.74) is -0.961. The molecule has 0 saturated carbocycles. The Morgan fingerprint density at radius 2 is 1.60 bits per heavy atom. The molecule has 3 aromatic rings. The number of hydrogen-bond donors (Lipinski definition) is 1. The molecule has 0 radical (unpaired) electrons. The molecule has 0 amide bonds. The van der Waals surface area contributed by atoms with E-state index in [-0.39, 0.29) is 28.8 Å². The van der Waals surface area contributed by atoms with E-state index < -0.39 is 28.8 Å². The van der Waals surface area contributed by atoms with Gasteiger partial charge in [-0.1, -0.05) is 11.6 Å². The van der Waals surface area contributed by atoms with Crippen LogP contribution in [-0.2, 0) is 6.54 Å². The zero-order valence-corrected chi connectivity index (χ0v) is 16.4. The van der Waals surface area contributed by atoms with E-state index in [1.54, 1.807) is 0 Å². The molecule has 30 heavy (non-hydrogen) atoms. The van der Waals surface area contributed by atoms with Gasteiger partial charge in [-0.3, -0.25) is 4.79 Å². The van der Waals surface area contributed by atoms with E-state index in [2.05, 4.69) is 10.3 Å².